The summed E-state index contributed by atoms with van der Waals surface area (Å²) in [6, 6.07) is 18.1. The van der Waals surface area contributed by atoms with Crippen molar-refractivity contribution in [1.82, 2.24) is 15.1 Å². The van der Waals surface area contributed by atoms with Crippen molar-refractivity contribution in [3.8, 4) is 5.88 Å². The third-order valence-corrected chi connectivity index (χ3v) is 3.48. The second kappa shape index (κ2) is 8.56. The smallest absolute Gasteiger partial charge is 0.240 e. The summed E-state index contributed by atoms with van der Waals surface area (Å²) in [6.07, 6.45) is 0.595. The van der Waals surface area contributed by atoms with Crippen LogP contribution in [0.15, 0.2) is 54.6 Å². The number of hydrogen-bond acceptors (Lipinski definition) is 3. The van der Waals surface area contributed by atoms with Gasteiger partial charge in [-0.15, -0.1) is 17.5 Å². The minimum Gasteiger partial charge on any atom is -0.476 e. The van der Waals surface area contributed by atoms with E-state index in [1.807, 2.05) is 47.1 Å². The first-order valence-corrected chi connectivity index (χ1v) is 7.40. The van der Waals surface area contributed by atoms with Crippen molar-refractivity contribution in [2.45, 2.75) is 13.0 Å². The van der Waals surface area contributed by atoms with Gasteiger partial charge >= 0.3 is 0 Å². The molecule has 0 aliphatic heterocycles. The standard InChI is InChI=1S/C18H21N3O.ClH/c1-19-12-7-13-22-18-16-10-5-6-11-17(16)21(20-18)14-15-8-3-2-4-9-15;/h2-6,8-11,19H,7,12-14H2,1H3;1H/i1D3;. The van der Waals surface area contributed by atoms with Crippen LogP contribution < -0.4 is 10.1 Å². The van der Waals surface area contributed by atoms with Crippen LogP contribution in [0.1, 0.15) is 16.1 Å². The lowest BCUT2D eigenvalue weighted by Gasteiger charge is -2.03. The van der Waals surface area contributed by atoms with Crippen LogP contribution in [0.5, 0.6) is 5.88 Å². The third kappa shape index (κ3) is 4.24. The number of benzene rings is 2. The van der Waals surface area contributed by atoms with E-state index in [1.54, 1.807) is 0 Å². The first kappa shape index (κ1) is 13.4. The molecule has 0 spiro atoms. The average molecular weight is 335 g/mol. The SMILES string of the molecule is Cl.[2H]C([2H])([2H])NCCCOc1nn(Cc2ccccc2)c2ccccc12. The molecule has 0 unspecified atom stereocenters. The zero-order chi connectivity index (χ0) is 17.7. The van der Waals surface area contributed by atoms with E-state index in [4.69, 9.17) is 8.85 Å². The molecule has 4 nitrogen and oxygen atoms in total. The Morgan fingerprint density at radius 1 is 1.13 bits per heavy atom. The molecule has 3 rings (SSSR count). The summed E-state index contributed by atoms with van der Waals surface area (Å²) in [5, 5.41) is 8.03. The molecular weight excluding hydrogens is 310 g/mol. The van der Waals surface area contributed by atoms with Gasteiger partial charge in [-0.1, -0.05) is 42.5 Å². The molecule has 1 heterocycles. The van der Waals surface area contributed by atoms with Crippen LogP contribution in [0, 0.1) is 0 Å². The fourth-order valence-corrected chi connectivity index (χ4v) is 2.41. The molecule has 0 aliphatic carbocycles. The number of hydrogen-bond donors (Lipinski definition) is 1. The lowest BCUT2D eigenvalue weighted by Crippen LogP contribution is -2.11. The maximum absolute atomic E-state index is 7.12. The van der Waals surface area contributed by atoms with E-state index in [0.29, 0.717) is 32.0 Å². The molecule has 0 saturated heterocycles. The quantitative estimate of drug-likeness (QED) is 0.672. The Labute approximate surface area is 147 Å². The van der Waals surface area contributed by atoms with Crippen LogP contribution in [-0.2, 0) is 6.54 Å². The lowest BCUT2D eigenvalue weighted by atomic mass is 10.2. The number of ether oxygens (including phenoxy) is 1. The van der Waals surface area contributed by atoms with Crippen molar-refractivity contribution < 1.29 is 8.85 Å². The molecule has 5 heteroatoms. The number of nitrogens with one attached hydrogen (secondary N) is 1. The molecule has 0 radical (unpaired) electrons. The first-order chi connectivity index (χ1) is 12.0. The van der Waals surface area contributed by atoms with Crippen molar-refractivity contribution in [2.24, 2.45) is 0 Å². The summed E-state index contributed by atoms with van der Waals surface area (Å²) in [6.45, 7) is -0.649. The summed E-state index contributed by atoms with van der Waals surface area (Å²) < 4.78 is 29.1. The zero-order valence-electron chi connectivity index (χ0n) is 15.7. The number of para-hydroxylation sites is 1. The fraction of sp³-hybridized carbons (Fsp3) is 0.278. The molecule has 0 amide bonds. The van der Waals surface area contributed by atoms with E-state index in [-0.39, 0.29) is 12.4 Å². The van der Waals surface area contributed by atoms with Crippen LogP contribution in [0.25, 0.3) is 10.9 Å². The summed E-state index contributed by atoms with van der Waals surface area (Å²) >= 11 is 0. The van der Waals surface area contributed by atoms with E-state index in [2.05, 4.69) is 22.5 Å². The molecule has 122 valence electrons. The Kier molecular flexibility index (Phi) is 4.99. The molecule has 0 bridgehead atoms. The molecule has 0 atom stereocenters. The van der Waals surface area contributed by atoms with Crippen LogP contribution >= 0.6 is 12.4 Å². The molecule has 3 aromatic rings. The van der Waals surface area contributed by atoms with Gasteiger partial charge in [0, 0.05) is 4.11 Å². The minimum absolute atomic E-state index is 0. The Morgan fingerprint density at radius 2 is 1.91 bits per heavy atom. The van der Waals surface area contributed by atoms with Crippen LogP contribution in [0.4, 0.5) is 0 Å². The summed E-state index contributed by atoms with van der Waals surface area (Å²) in [7, 11) is 0. The maximum atomic E-state index is 7.12. The maximum Gasteiger partial charge on any atom is 0.240 e. The van der Waals surface area contributed by atoms with E-state index < -0.39 is 6.98 Å². The van der Waals surface area contributed by atoms with Gasteiger partial charge in [-0.2, -0.15) is 0 Å². The monoisotopic (exact) mass is 334 g/mol. The predicted octanol–water partition coefficient (Wildman–Crippen LogP) is 3.49. The topological polar surface area (TPSA) is 39.1 Å². The number of aromatic nitrogens is 2. The van der Waals surface area contributed by atoms with Crippen LogP contribution in [0.3, 0.4) is 0 Å². The molecule has 0 fully saturated rings. The van der Waals surface area contributed by atoms with Gasteiger partial charge < -0.3 is 10.1 Å². The van der Waals surface area contributed by atoms with Gasteiger partial charge in [0.25, 0.3) is 0 Å². The highest BCUT2D eigenvalue weighted by atomic mass is 35.5. The van der Waals surface area contributed by atoms with Crippen LogP contribution in [-0.4, -0.2) is 29.9 Å². The van der Waals surface area contributed by atoms with Crippen molar-refractivity contribution >= 4 is 23.3 Å². The Bertz CT molecular complexity index is 821. The van der Waals surface area contributed by atoms with Gasteiger partial charge in [-0.05, 0) is 37.6 Å². The highest BCUT2D eigenvalue weighted by molar-refractivity contribution is 5.85. The Hall–Kier alpha value is -2.04. The van der Waals surface area contributed by atoms with Gasteiger partial charge in [0.05, 0.1) is 24.1 Å². The molecule has 1 aromatic heterocycles. The van der Waals surface area contributed by atoms with E-state index in [9.17, 15) is 0 Å². The highest BCUT2D eigenvalue weighted by Crippen LogP contribution is 2.25. The normalized spacial score (nSPS) is 13.0. The van der Waals surface area contributed by atoms with Gasteiger partial charge in [0.2, 0.25) is 5.88 Å². The van der Waals surface area contributed by atoms with Gasteiger partial charge in [0.1, 0.15) is 0 Å². The Morgan fingerprint density at radius 3 is 2.74 bits per heavy atom. The average Bonchev–Trinajstić information content (AvgIpc) is 2.93. The molecule has 1 N–H and O–H groups in total. The van der Waals surface area contributed by atoms with Crippen molar-refractivity contribution in [2.75, 3.05) is 20.1 Å². The molecule has 23 heavy (non-hydrogen) atoms. The molecule has 0 saturated carbocycles. The number of rotatable bonds is 7. The van der Waals surface area contributed by atoms with E-state index in [1.165, 1.54) is 5.56 Å². The zero-order valence-corrected chi connectivity index (χ0v) is 13.6. The minimum atomic E-state index is -2.11. The number of nitrogens with zero attached hydrogens (tertiary/aromatic N) is 2. The molecule has 2 aromatic carbocycles. The second-order valence-corrected chi connectivity index (χ2v) is 5.09. The first-order valence-electron chi connectivity index (χ1n) is 8.90. The summed E-state index contributed by atoms with van der Waals surface area (Å²) in [5.74, 6) is 0.584. The van der Waals surface area contributed by atoms with Gasteiger partial charge in [-0.25, -0.2) is 0 Å². The summed E-state index contributed by atoms with van der Waals surface area (Å²) in [5.41, 5.74) is 2.19. The molecular formula is C18H22ClN3O. The van der Waals surface area contributed by atoms with Crippen molar-refractivity contribution in [1.29, 1.82) is 0 Å². The second-order valence-electron chi connectivity index (χ2n) is 5.09. The lowest BCUT2D eigenvalue weighted by molar-refractivity contribution is 0.297. The van der Waals surface area contributed by atoms with Gasteiger partial charge in [0.15, 0.2) is 0 Å². The molecule has 0 aliphatic rings. The van der Waals surface area contributed by atoms with Gasteiger partial charge in [-0.3, -0.25) is 4.68 Å². The van der Waals surface area contributed by atoms with E-state index in [0.717, 1.165) is 10.9 Å². The largest absolute Gasteiger partial charge is 0.476 e. The van der Waals surface area contributed by atoms with Crippen molar-refractivity contribution in [3.63, 3.8) is 0 Å². The van der Waals surface area contributed by atoms with Crippen molar-refractivity contribution in [3.05, 3.63) is 60.2 Å². The van der Waals surface area contributed by atoms with Crippen LogP contribution in [0.2, 0.25) is 0 Å². The van der Waals surface area contributed by atoms with E-state index >= 15 is 0 Å². The number of fused-ring (bicyclic) bond motifs is 1. The Balaban J connectivity index is 0.00000243. The third-order valence-electron chi connectivity index (χ3n) is 3.48. The number of halogens is 1. The summed E-state index contributed by atoms with van der Waals surface area (Å²) in [4.78, 5) is 0. The fourth-order valence-electron chi connectivity index (χ4n) is 2.41. The predicted molar refractivity (Wildman–Crippen MR) is 96.6 cm³/mol. The highest BCUT2D eigenvalue weighted by Gasteiger charge is 2.11.